The third-order valence-corrected chi connectivity index (χ3v) is 5.25. The van der Waals surface area contributed by atoms with E-state index in [2.05, 4.69) is 10.4 Å². The van der Waals surface area contributed by atoms with Crippen LogP contribution in [0.3, 0.4) is 0 Å². The molecule has 0 saturated heterocycles. The zero-order chi connectivity index (χ0) is 23.1. The third-order valence-electron chi connectivity index (χ3n) is 4.36. The van der Waals surface area contributed by atoms with Gasteiger partial charge in [0.1, 0.15) is 22.2 Å². The molecule has 1 unspecified atom stereocenters. The van der Waals surface area contributed by atoms with E-state index in [0.717, 1.165) is 31.2 Å². The number of anilines is 2. The highest BCUT2D eigenvalue weighted by Gasteiger charge is 2.45. The van der Waals surface area contributed by atoms with Crippen molar-refractivity contribution in [2.24, 2.45) is 5.10 Å². The highest BCUT2D eigenvalue weighted by Crippen LogP contribution is 2.42. The molecule has 2 N–H and O–H groups in total. The Kier molecular flexibility index (Phi) is 5.76. The number of nitrogens with one attached hydrogen (secondary N) is 1. The van der Waals surface area contributed by atoms with Crippen LogP contribution in [0.25, 0.3) is 0 Å². The van der Waals surface area contributed by atoms with E-state index in [-0.39, 0.29) is 11.3 Å². The van der Waals surface area contributed by atoms with Crippen molar-refractivity contribution in [1.82, 2.24) is 0 Å². The van der Waals surface area contributed by atoms with Crippen LogP contribution in [0.4, 0.5) is 33.3 Å². The normalized spacial score (nSPS) is 16.9. The Labute approximate surface area is 172 Å². The van der Waals surface area contributed by atoms with Crippen LogP contribution in [0.5, 0.6) is 0 Å². The lowest BCUT2D eigenvalue weighted by atomic mass is 10.0. The summed E-state index contributed by atoms with van der Waals surface area (Å²) in [4.78, 5) is 10.4. The number of alkyl halides is 3. The number of hydrazone groups is 1. The van der Waals surface area contributed by atoms with Gasteiger partial charge in [-0.1, -0.05) is 6.07 Å². The first-order valence-corrected chi connectivity index (χ1v) is 9.99. The second-order valence-electron chi connectivity index (χ2n) is 6.61. The summed E-state index contributed by atoms with van der Waals surface area (Å²) < 4.78 is 101. The van der Waals surface area contributed by atoms with E-state index in [4.69, 9.17) is 0 Å². The molecule has 0 radical (unpaired) electrons. The highest BCUT2D eigenvalue weighted by atomic mass is 32.2. The first kappa shape index (κ1) is 22.6. The van der Waals surface area contributed by atoms with Crippen molar-refractivity contribution >= 4 is 33.1 Å². The van der Waals surface area contributed by atoms with Crippen molar-refractivity contribution in [1.29, 1.82) is 0 Å². The van der Waals surface area contributed by atoms with Crippen LogP contribution < -0.4 is 10.3 Å². The maximum Gasteiger partial charge on any atom is 0.431 e. The van der Waals surface area contributed by atoms with Crippen LogP contribution in [0.2, 0.25) is 0 Å². The smallest absolute Gasteiger partial charge is 0.326 e. The average molecular weight is 463 g/mol. The lowest BCUT2D eigenvalue weighted by molar-refractivity contribution is -0.114. The summed E-state index contributed by atoms with van der Waals surface area (Å²) >= 11 is 0. The predicted octanol–water partition coefficient (Wildman–Crippen LogP) is 4.04. The SMILES string of the molecule is CC(=O)Nc1ccc(N2N=C(C(F)(F)F)CC2c2ccc(F)cc2F)c(S(=O)(=O)O)c1. The van der Waals surface area contributed by atoms with Crippen LogP contribution in [0.15, 0.2) is 46.4 Å². The minimum absolute atomic E-state index is 0.0624. The van der Waals surface area contributed by atoms with Crippen molar-refractivity contribution in [2.75, 3.05) is 10.3 Å². The Morgan fingerprint density at radius 1 is 1.19 bits per heavy atom. The fourth-order valence-electron chi connectivity index (χ4n) is 3.11. The number of halogens is 5. The van der Waals surface area contributed by atoms with E-state index < -0.39 is 62.6 Å². The van der Waals surface area contributed by atoms with E-state index in [1.165, 1.54) is 6.07 Å². The lowest BCUT2D eigenvalue weighted by Crippen LogP contribution is -2.23. The zero-order valence-corrected chi connectivity index (χ0v) is 16.4. The van der Waals surface area contributed by atoms with Gasteiger partial charge < -0.3 is 5.32 Å². The minimum atomic E-state index is -5.00. The van der Waals surface area contributed by atoms with Crippen molar-refractivity contribution < 1.29 is 39.7 Å². The molecule has 7 nitrogen and oxygen atoms in total. The number of rotatable bonds is 4. The molecule has 1 amide bonds. The first-order valence-electron chi connectivity index (χ1n) is 8.55. The molecule has 0 spiro atoms. The summed E-state index contributed by atoms with van der Waals surface area (Å²) in [6.07, 6.45) is -5.76. The van der Waals surface area contributed by atoms with Crippen LogP contribution in [0, 0.1) is 11.6 Å². The van der Waals surface area contributed by atoms with E-state index in [0.29, 0.717) is 11.1 Å². The van der Waals surface area contributed by atoms with Crippen molar-refractivity contribution in [3.05, 3.63) is 53.6 Å². The van der Waals surface area contributed by atoms with Gasteiger partial charge in [-0.2, -0.15) is 26.7 Å². The van der Waals surface area contributed by atoms with E-state index in [9.17, 15) is 39.7 Å². The molecule has 2 aromatic rings. The maximum atomic E-state index is 14.3. The maximum absolute atomic E-state index is 14.3. The molecule has 0 aliphatic carbocycles. The van der Waals surface area contributed by atoms with E-state index >= 15 is 0 Å². The molecule has 1 atom stereocenters. The molecule has 1 heterocycles. The highest BCUT2D eigenvalue weighted by molar-refractivity contribution is 7.86. The van der Waals surface area contributed by atoms with Gasteiger partial charge in [0, 0.05) is 30.7 Å². The number of carbonyl (C=O) groups is 1. The second-order valence-corrected chi connectivity index (χ2v) is 8.00. The van der Waals surface area contributed by atoms with Gasteiger partial charge in [0.2, 0.25) is 5.91 Å². The topological polar surface area (TPSA) is 99.1 Å². The Bertz CT molecular complexity index is 1180. The average Bonchev–Trinajstić information content (AvgIpc) is 3.05. The van der Waals surface area contributed by atoms with Gasteiger partial charge in [0.25, 0.3) is 10.1 Å². The van der Waals surface area contributed by atoms with E-state index in [1.54, 1.807) is 0 Å². The monoisotopic (exact) mass is 463 g/mol. The molecule has 1 aliphatic heterocycles. The zero-order valence-electron chi connectivity index (χ0n) is 15.6. The quantitative estimate of drug-likeness (QED) is 0.527. The summed E-state index contributed by atoms with van der Waals surface area (Å²) in [5.41, 5.74) is -2.25. The Morgan fingerprint density at radius 2 is 1.87 bits per heavy atom. The van der Waals surface area contributed by atoms with Gasteiger partial charge in [-0.15, -0.1) is 0 Å². The van der Waals surface area contributed by atoms with Gasteiger partial charge in [0.05, 0.1) is 11.7 Å². The number of hydrogen-bond acceptors (Lipinski definition) is 5. The van der Waals surface area contributed by atoms with Gasteiger partial charge in [-0.3, -0.25) is 14.4 Å². The van der Waals surface area contributed by atoms with Gasteiger partial charge >= 0.3 is 6.18 Å². The van der Waals surface area contributed by atoms with E-state index in [1.807, 2.05) is 0 Å². The molecule has 3 rings (SSSR count). The number of carbonyl (C=O) groups excluding carboxylic acids is 1. The molecular formula is C18H14F5N3O4S. The fraction of sp³-hybridized carbons (Fsp3) is 0.222. The van der Waals surface area contributed by atoms with Crippen LogP contribution in [-0.2, 0) is 14.9 Å². The summed E-state index contributed by atoms with van der Waals surface area (Å²) in [6, 6.07) is 3.76. The van der Waals surface area contributed by atoms with Crippen LogP contribution in [-0.4, -0.2) is 30.8 Å². The van der Waals surface area contributed by atoms with Crippen molar-refractivity contribution in [3.8, 4) is 0 Å². The summed E-state index contributed by atoms with van der Waals surface area (Å²) in [6.45, 7) is 1.13. The summed E-state index contributed by atoms with van der Waals surface area (Å²) in [5.74, 6) is -2.68. The number of nitrogens with zero attached hydrogens (tertiary/aromatic N) is 2. The second kappa shape index (κ2) is 7.89. The number of amides is 1. The fourth-order valence-corrected chi connectivity index (χ4v) is 3.81. The molecule has 0 aromatic heterocycles. The molecule has 0 saturated carbocycles. The molecule has 1 aliphatic rings. The number of hydrogen-bond donors (Lipinski definition) is 2. The van der Waals surface area contributed by atoms with Crippen molar-refractivity contribution in [3.63, 3.8) is 0 Å². The predicted molar refractivity (Wildman–Crippen MR) is 100 cm³/mol. The van der Waals surface area contributed by atoms with Gasteiger partial charge in [0.15, 0.2) is 0 Å². The first-order chi connectivity index (χ1) is 14.3. The molecule has 0 bridgehead atoms. The Hall–Kier alpha value is -3.06. The van der Waals surface area contributed by atoms with Gasteiger partial charge in [-0.05, 0) is 24.3 Å². The molecule has 13 heteroatoms. The lowest BCUT2D eigenvalue weighted by Gasteiger charge is -2.26. The molecule has 2 aromatic carbocycles. The largest absolute Gasteiger partial charge is 0.431 e. The van der Waals surface area contributed by atoms with Crippen LogP contribution >= 0.6 is 0 Å². The molecular weight excluding hydrogens is 449 g/mol. The minimum Gasteiger partial charge on any atom is -0.326 e. The van der Waals surface area contributed by atoms with Crippen molar-refractivity contribution in [2.45, 2.75) is 30.5 Å². The number of benzene rings is 2. The third kappa shape index (κ3) is 4.82. The molecule has 0 fully saturated rings. The summed E-state index contributed by atoms with van der Waals surface area (Å²) in [5, 5.41) is 6.29. The summed E-state index contributed by atoms with van der Waals surface area (Å²) in [7, 11) is -5.00. The van der Waals surface area contributed by atoms with Crippen LogP contribution in [0.1, 0.15) is 24.9 Å². The Balaban J connectivity index is 2.20. The Morgan fingerprint density at radius 3 is 2.42 bits per heavy atom. The standard InChI is InChI=1S/C18H14F5N3O4S/c1-9(27)24-11-3-5-14(16(7-11)31(28,29)30)26-15(8-17(25-26)18(21,22)23)12-4-2-10(19)6-13(12)20/h2-7,15H,8H2,1H3,(H,24,27)(H,28,29,30). The molecule has 166 valence electrons. The molecule has 31 heavy (non-hydrogen) atoms. The van der Waals surface area contributed by atoms with Gasteiger partial charge in [-0.25, -0.2) is 8.78 Å².